The number of thiazole rings is 1. The number of aliphatic hydroxyl groups excluding tert-OH is 1. The number of hydrogen-bond acceptors (Lipinski definition) is 4. The second-order valence-corrected chi connectivity index (χ2v) is 12.3. The predicted molar refractivity (Wildman–Crippen MR) is 137 cm³/mol. The maximum absolute atomic E-state index is 12.2. The third kappa shape index (κ3) is 3.74. The second-order valence-electron chi connectivity index (χ2n) is 11.3. The summed E-state index contributed by atoms with van der Waals surface area (Å²) >= 11 is 1.73. The van der Waals surface area contributed by atoms with Crippen LogP contribution in [0.1, 0.15) is 79.6 Å². The van der Waals surface area contributed by atoms with Crippen LogP contribution < -0.4 is 0 Å². The van der Waals surface area contributed by atoms with Crippen molar-refractivity contribution in [2.45, 2.75) is 83.7 Å². The third-order valence-electron chi connectivity index (χ3n) is 9.40. The van der Waals surface area contributed by atoms with E-state index in [-0.39, 0.29) is 11.5 Å². The Hall–Kier alpha value is -2.04. The summed E-state index contributed by atoms with van der Waals surface area (Å²) in [6, 6.07) is 9.29. The highest BCUT2D eigenvalue weighted by Gasteiger charge is 2.56. The normalized spacial score (nSPS) is 32.8. The molecule has 6 rings (SSSR count). The van der Waals surface area contributed by atoms with E-state index in [1.165, 1.54) is 28.0 Å². The summed E-state index contributed by atoms with van der Waals surface area (Å²) in [5.74, 6) is 1.77. The number of aryl methyl sites for hydroxylation is 3. The van der Waals surface area contributed by atoms with Crippen LogP contribution in [-0.4, -0.2) is 22.0 Å². The SMILES string of the molecule is Cc1nc(CCc2ccc(C3CC4(C)C(O)CCC4C4CCC5=CC(=O)CCC5=C34)cc2)cs1. The molecular weight excluding hydrogens is 438 g/mol. The van der Waals surface area contributed by atoms with Crippen LogP contribution in [-0.2, 0) is 17.6 Å². The van der Waals surface area contributed by atoms with Crippen LogP contribution in [0.15, 0.2) is 52.4 Å². The number of hydrogen-bond donors (Lipinski definition) is 1. The molecule has 0 amide bonds. The number of ketones is 1. The zero-order valence-corrected chi connectivity index (χ0v) is 21.2. The molecule has 1 aromatic carbocycles. The molecule has 34 heavy (non-hydrogen) atoms. The van der Waals surface area contributed by atoms with Crippen molar-refractivity contribution in [3.63, 3.8) is 0 Å². The van der Waals surface area contributed by atoms with E-state index in [0.29, 0.717) is 30.0 Å². The van der Waals surface area contributed by atoms with E-state index >= 15 is 0 Å². The van der Waals surface area contributed by atoms with Crippen LogP contribution in [0.3, 0.4) is 0 Å². The van der Waals surface area contributed by atoms with Gasteiger partial charge in [-0.05, 0) is 104 Å². The van der Waals surface area contributed by atoms with Gasteiger partial charge >= 0.3 is 0 Å². The summed E-state index contributed by atoms with van der Waals surface area (Å²) in [5.41, 5.74) is 8.35. The van der Waals surface area contributed by atoms with Crippen molar-refractivity contribution in [2.24, 2.45) is 17.3 Å². The van der Waals surface area contributed by atoms with Crippen LogP contribution in [0.25, 0.3) is 0 Å². The Labute approximate surface area is 207 Å². The lowest BCUT2D eigenvalue weighted by Crippen LogP contribution is -2.45. The molecule has 2 aromatic rings. The Morgan fingerprint density at radius 1 is 1.09 bits per heavy atom. The molecule has 4 aliphatic carbocycles. The topological polar surface area (TPSA) is 50.2 Å². The number of fused-ring (bicyclic) bond motifs is 4. The van der Waals surface area contributed by atoms with E-state index < -0.39 is 0 Å². The maximum atomic E-state index is 12.2. The summed E-state index contributed by atoms with van der Waals surface area (Å²) < 4.78 is 0. The first-order valence-electron chi connectivity index (χ1n) is 13.1. The summed E-state index contributed by atoms with van der Waals surface area (Å²) in [5, 5.41) is 14.4. The van der Waals surface area contributed by atoms with Gasteiger partial charge in [-0.3, -0.25) is 4.79 Å². The van der Waals surface area contributed by atoms with Gasteiger partial charge in [0.2, 0.25) is 0 Å². The van der Waals surface area contributed by atoms with Crippen molar-refractivity contribution >= 4 is 17.1 Å². The van der Waals surface area contributed by atoms with Gasteiger partial charge in [-0.2, -0.15) is 0 Å². The van der Waals surface area contributed by atoms with Gasteiger partial charge in [0.05, 0.1) is 16.8 Å². The highest BCUT2D eigenvalue weighted by Crippen LogP contribution is 2.63. The molecule has 3 nitrogen and oxygen atoms in total. The number of allylic oxidation sites excluding steroid dienone is 4. The molecule has 2 fully saturated rings. The van der Waals surface area contributed by atoms with Crippen LogP contribution in [0.5, 0.6) is 0 Å². The van der Waals surface area contributed by atoms with Gasteiger partial charge in [-0.1, -0.05) is 36.8 Å². The summed E-state index contributed by atoms with van der Waals surface area (Å²) in [6.45, 7) is 4.42. The van der Waals surface area contributed by atoms with Crippen LogP contribution in [0, 0.1) is 24.2 Å². The van der Waals surface area contributed by atoms with E-state index in [4.69, 9.17) is 0 Å². The first-order chi connectivity index (χ1) is 16.4. The van der Waals surface area contributed by atoms with Gasteiger partial charge in [0, 0.05) is 17.7 Å². The fourth-order valence-electron chi connectivity index (χ4n) is 7.64. The van der Waals surface area contributed by atoms with E-state index in [1.54, 1.807) is 16.9 Å². The number of aliphatic hydroxyl groups is 1. The molecule has 5 unspecified atom stereocenters. The van der Waals surface area contributed by atoms with Gasteiger partial charge in [-0.15, -0.1) is 11.3 Å². The van der Waals surface area contributed by atoms with Crippen molar-refractivity contribution < 1.29 is 9.90 Å². The van der Waals surface area contributed by atoms with E-state index in [9.17, 15) is 9.90 Å². The fraction of sp³-hybridized carbons (Fsp3) is 0.533. The van der Waals surface area contributed by atoms with Gasteiger partial charge in [0.1, 0.15) is 0 Å². The smallest absolute Gasteiger partial charge is 0.156 e. The molecule has 1 heterocycles. The number of benzene rings is 1. The molecule has 0 aliphatic heterocycles. The lowest BCUT2D eigenvalue weighted by Gasteiger charge is -2.52. The molecule has 4 heteroatoms. The Balaban J connectivity index is 1.34. The third-order valence-corrected chi connectivity index (χ3v) is 10.2. The molecule has 4 aliphatic rings. The van der Waals surface area contributed by atoms with Crippen LogP contribution in [0.4, 0.5) is 0 Å². The number of aromatic nitrogens is 1. The predicted octanol–water partition coefficient (Wildman–Crippen LogP) is 6.50. The number of nitrogens with zero attached hydrogens (tertiary/aromatic N) is 1. The van der Waals surface area contributed by atoms with Crippen LogP contribution >= 0.6 is 11.3 Å². The first kappa shape index (κ1) is 22.4. The molecule has 1 N–H and O–H groups in total. The van der Waals surface area contributed by atoms with E-state index in [2.05, 4.69) is 48.5 Å². The molecule has 2 saturated carbocycles. The van der Waals surface area contributed by atoms with E-state index in [1.807, 2.05) is 6.08 Å². The second kappa shape index (κ2) is 8.57. The van der Waals surface area contributed by atoms with Gasteiger partial charge < -0.3 is 5.11 Å². The van der Waals surface area contributed by atoms with Gasteiger partial charge in [-0.25, -0.2) is 4.98 Å². The van der Waals surface area contributed by atoms with Crippen molar-refractivity contribution in [2.75, 3.05) is 0 Å². The lowest BCUT2D eigenvalue weighted by atomic mass is 9.53. The highest BCUT2D eigenvalue weighted by molar-refractivity contribution is 7.09. The number of carbonyl (C=O) groups excluding carboxylic acids is 1. The highest BCUT2D eigenvalue weighted by atomic mass is 32.1. The van der Waals surface area contributed by atoms with Crippen molar-refractivity contribution in [3.8, 4) is 0 Å². The Kier molecular flexibility index (Phi) is 5.65. The Morgan fingerprint density at radius 3 is 2.68 bits per heavy atom. The molecule has 1 aromatic heterocycles. The molecule has 0 bridgehead atoms. The average molecular weight is 474 g/mol. The lowest BCUT2D eigenvalue weighted by molar-refractivity contribution is -0.114. The standard InChI is InChI=1S/C30H35NO2S/c1-18-31-22(17-34-18)9-5-19-3-6-20(7-4-19)26-16-30(2)27(13-14-28(30)33)25-11-8-21-15-23(32)10-12-24(21)29(25)26/h3-4,6-7,15,17,25-28,33H,5,8-14,16H2,1-2H3. The maximum Gasteiger partial charge on any atom is 0.156 e. The Morgan fingerprint density at radius 2 is 1.91 bits per heavy atom. The first-order valence-corrected chi connectivity index (χ1v) is 13.9. The summed E-state index contributed by atoms with van der Waals surface area (Å²) in [4.78, 5) is 16.8. The zero-order valence-electron chi connectivity index (χ0n) is 20.3. The molecule has 0 saturated heterocycles. The summed E-state index contributed by atoms with van der Waals surface area (Å²) in [7, 11) is 0. The molecule has 5 atom stereocenters. The van der Waals surface area contributed by atoms with Gasteiger partial charge in [0.15, 0.2) is 5.78 Å². The molecule has 0 radical (unpaired) electrons. The number of rotatable bonds is 4. The Bertz CT molecular complexity index is 1170. The average Bonchev–Trinajstić information content (AvgIpc) is 3.39. The van der Waals surface area contributed by atoms with Gasteiger partial charge in [0.25, 0.3) is 0 Å². The number of carbonyl (C=O) groups is 1. The van der Waals surface area contributed by atoms with Crippen molar-refractivity contribution in [1.82, 2.24) is 4.98 Å². The molecule has 0 spiro atoms. The van der Waals surface area contributed by atoms with Crippen molar-refractivity contribution in [3.05, 3.63) is 74.3 Å². The minimum Gasteiger partial charge on any atom is -0.393 e. The quantitative estimate of drug-likeness (QED) is 0.552. The minimum atomic E-state index is -0.197. The monoisotopic (exact) mass is 473 g/mol. The summed E-state index contributed by atoms with van der Waals surface area (Å²) in [6.07, 6.45) is 10.6. The minimum absolute atomic E-state index is 0.00769. The van der Waals surface area contributed by atoms with Crippen LogP contribution in [0.2, 0.25) is 0 Å². The zero-order chi connectivity index (χ0) is 23.4. The van der Waals surface area contributed by atoms with E-state index in [0.717, 1.165) is 56.4 Å². The largest absolute Gasteiger partial charge is 0.393 e. The molecule has 178 valence electrons. The van der Waals surface area contributed by atoms with Crippen molar-refractivity contribution in [1.29, 1.82) is 0 Å². The molecular formula is C30H35NO2S. The fourth-order valence-corrected chi connectivity index (χ4v) is 8.29.